The van der Waals surface area contributed by atoms with Crippen LogP contribution in [0.2, 0.25) is 0 Å². The molecule has 0 aromatic carbocycles. The highest BCUT2D eigenvalue weighted by Gasteiger charge is 2.27. The van der Waals surface area contributed by atoms with Gasteiger partial charge in [0, 0.05) is 6.54 Å². The molecule has 1 amide bonds. The molecule has 0 heterocycles. The summed E-state index contributed by atoms with van der Waals surface area (Å²) in [6.07, 6.45) is 0.673. The molecule has 0 saturated heterocycles. The van der Waals surface area contributed by atoms with Crippen molar-refractivity contribution in [2.24, 2.45) is 23.5 Å². The lowest BCUT2D eigenvalue weighted by Gasteiger charge is -2.22. The number of hydrogen-bond acceptors (Lipinski definition) is 3. The highest BCUT2D eigenvalue weighted by Crippen LogP contribution is 2.12. The second kappa shape index (κ2) is 7.27. The number of aliphatic carboxylic acids is 1. The van der Waals surface area contributed by atoms with Crippen LogP contribution >= 0.6 is 0 Å². The van der Waals surface area contributed by atoms with Crippen molar-refractivity contribution >= 4 is 11.9 Å². The molecule has 0 rings (SSSR count). The molecule has 0 aliphatic carbocycles. The molecule has 1 unspecified atom stereocenters. The fourth-order valence-corrected chi connectivity index (χ4v) is 1.66. The summed E-state index contributed by atoms with van der Waals surface area (Å²) < 4.78 is 0. The molecule has 0 aromatic heterocycles. The molecule has 4 N–H and O–H groups in total. The van der Waals surface area contributed by atoms with Gasteiger partial charge >= 0.3 is 5.97 Å². The maximum atomic E-state index is 11.9. The van der Waals surface area contributed by atoms with Crippen molar-refractivity contribution < 1.29 is 14.7 Å². The molecule has 0 bridgehead atoms. The summed E-state index contributed by atoms with van der Waals surface area (Å²) in [4.78, 5) is 22.8. The molecule has 0 radical (unpaired) electrons. The Labute approximate surface area is 103 Å². The first-order valence-corrected chi connectivity index (χ1v) is 6.02. The van der Waals surface area contributed by atoms with Gasteiger partial charge in [-0.1, -0.05) is 27.7 Å². The van der Waals surface area contributed by atoms with E-state index >= 15 is 0 Å². The Balaban J connectivity index is 4.52. The molecule has 17 heavy (non-hydrogen) atoms. The number of amides is 1. The molecule has 0 saturated carbocycles. The van der Waals surface area contributed by atoms with E-state index in [2.05, 4.69) is 5.32 Å². The topological polar surface area (TPSA) is 92.4 Å². The third-order valence-corrected chi connectivity index (χ3v) is 2.64. The van der Waals surface area contributed by atoms with Gasteiger partial charge in [-0.3, -0.25) is 4.79 Å². The number of nitrogens with one attached hydrogen (secondary N) is 1. The van der Waals surface area contributed by atoms with E-state index in [0.29, 0.717) is 12.3 Å². The fourth-order valence-electron chi connectivity index (χ4n) is 1.66. The lowest BCUT2D eigenvalue weighted by atomic mass is 9.95. The van der Waals surface area contributed by atoms with E-state index < -0.39 is 12.0 Å². The summed E-state index contributed by atoms with van der Waals surface area (Å²) >= 11 is 0. The van der Waals surface area contributed by atoms with E-state index in [9.17, 15) is 9.59 Å². The van der Waals surface area contributed by atoms with E-state index in [4.69, 9.17) is 10.8 Å². The lowest BCUT2D eigenvalue weighted by molar-refractivity contribution is -0.143. The van der Waals surface area contributed by atoms with Crippen LogP contribution < -0.4 is 11.1 Å². The summed E-state index contributed by atoms with van der Waals surface area (Å²) in [6, 6.07) is -0.844. The van der Waals surface area contributed by atoms with Crippen LogP contribution in [0.5, 0.6) is 0 Å². The van der Waals surface area contributed by atoms with Crippen molar-refractivity contribution in [1.29, 1.82) is 0 Å². The highest BCUT2D eigenvalue weighted by molar-refractivity contribution is 5.85. The maximum absolute atomic E-state index is 11.9. The minimum atomic E-state index is -1.01. The zero-order chi connectivity index (χ0) is 13.6. The third kappa shape index (κ3) is 5.68. The number of carbonyl (C=O) groups is 2. The predicted octanol–water partition coefficient (Wildman–Crippen LogP) is 0.833. The smallest absolute Gasteiger partial charge is 0.326 e. The Kier molecular flexibility index (Phi) is 6.80. The third-order valence-electron chi connectivity index (χ3n) is 2.64. The summed E-state index contributed by atoms with van der Waals surface area (Å²) in [5.41, 5.74) is 5.54. The molecule has 5 heteroatoms. The van der Waals surface area contributed by atoms with Gasteiger partial charge in [-0.2, -0.15) is 0 Å². The number of nitrogens with two attached hydrogens (primary N) is 1. The van der Waals surface area contributed by atoms with Crippen molar-refractivity contribution in [3.05, 3.63) is 0 Å². The maximum Gasteiger partial charge on any atom is 0.326 e. The molecule has 0 aliphatic rings. The van der Waals surface area contributed by atoms with Crippen molar-refractivity contribution in [3.63, 3.8) is 0 Å². The average Bonchev–Trinajstić information content (AvgIpc) is 2.20. The number of hydrogen-bond donors (Lipinski definition) is 3. The molecule has 5 nitrogen and oxygen atoms in total. The lowest BCUT2D eigenvalue weighted by Crippen LogP contribution is -2.48. The Hall–Kier alpha value is -1.10. The van der Waals surface area contributed by atoms with E-state index in [-0.39, 0.29) is 24.3 Å². The van der Waals surface area contributed by atoms with Crippen molar-refractivity contribution in [1.82, 2.24) is 5.32 Å². The largest absolute Gasteiger partial charge is 0.480 e. The first-order chi connectivity index (χ1) is 7.79. The predicted molar refractivity (Wildman–Crippen MR) is 66.4 cm³/mol. The number of carbonyl (C=O) groups excluding carboxylic acids is 1. The summed E-state index contributed by atoms with van der Waals surface area (Å²) in [7, 11) is 0. The number of carboxylic acid groups (broad SMARTS) is 1. The zero-order valence-corrected chi connectivity index (χ0v) is 11.1. The van der Waals surface area contributed by atoms with Crippen LogP contribution in [0.15, 0.2) is 0 Å². The first-order valence-electron chi connectivity index (χ1n) is 6.02. The molecule has 2 atom stereocenters. The zero-order valence-electron chi connectivity index (χ0n) is 11.1. The molecule has 100 valence electrons. The van der Waals surface area contributed by atoms with Gasteiger partial charge in [0.1, 0.15) is 6.04 Å². The van der Waals surface area contributed by atoms with Crippen LogP contribution in [0.1, 0.15) is 34.1 Å². The molecule has 0 aromatic rings. The second-order valence-corrected chi connectivity index (χ2v) is 5.13. The SMILES string of the molecule is CC(C)CC(CN)C(=O)N[C@@H](C(=O)O)C(C)C. The Bertz CT molecular complexity index is 264. The van der Waals surface area contributed by atoms with Gasteiger partial charge in [0.05, 0.1) is 5.92 Å². The van der Waals surface area contributed by atoms with Gasteiger partial charge in [-0.15, -0.1) is 0 Å². The minimum Gasteiger partial charge on any atom is -0.480 e. The van der Waals surface area contributed by atoms with E-state index in [1.807, 2.05) is 13.8 Å². The van der Waals surface area contributed by atoms with Crippen molar-refractivity contribution in [2.75, 3.05) is 6.54 Å². The Morgan fingerprint density at radius 3 is 2.06 bits per heavy atom. The van der Waals surface area contributed by atoms with Crippen LogP contribution in [0, 0.1) is 17.8 Å². The van der Waals surface area contributed by atoms with E-state index in [1.165, 1.54) is 0 Å². The van der Waals surface area contributed by atoms with Crippen LogP contribution in [0.25, 0.3) is 0 Å². The van der Waals surface area contributed by atoms with Crippen LogP contribution in [-0.4, -0.2) is 29.6 Å². The average molecular weight is 244 g/mol. The van der Waals surface area contributed by atoms with Crippen molar-refractivity contribution in [3.8, 4) is 0 Å². The quantitative estimate of drug-likeness (QED) is 0.618. The van der Waals surface area contributed by atoms with Crippen LogP contribution in [-0.2, 0) is 9.59 Å². The second-order valence-electron chi connectivity index (χ2n) is 5.13. The van der Waals surface area contributed by atoms with Gasteiger partial charge in [0.2, 0.25) is 5.91 Å². The Morgan fingerprint density at radius 2 is 1.76 bits per heavy atom. The minimum absolute atomic E-state index is 0.145. The number of carboxylic acids is 1. The van der Waals surface area contributed by atoms with Gasteiger partial charge in [-0.25, -0.2) is 4.79 Å². The summed E-state index contributed by atoms with van der Waals surface area (Å²) in [5.74, 6) is -1.36. The standard InChI is InChI=1S/C12H24N2O3/c1-7(2)5-9(6-13)11(15)14-10(8(3)4)12(16)17/h7-10H,5-6,13H2,1-4H3,(H,14,15)(H,16,17)/t9?,10-/m1/s1. The molecular weight excluding hydrogens is 220 g/mol. The molecular formula is C12H24N2O3. The summed E-state index contributed by atoms with van der Waals surface area (Å²) in [5, 5.41) is 11.5. The van der Waals surface area contributed by atoms with Gasteiger partial charge in [0.15, 0.2) is 0 Å². The van der Waals surface area contributed by atoms with Crippen molar-refractivity contribution in [2.45, 2.75) is 40.2 Å². The van der Waals surface area contributed by atoms with Crippen LogP contribution in [0.3, 0.4) is 0 Å². The highest BCUT2D eigenvalue weighted by atomic mass is 16.4. The van der Waals surface area contributed by atoms with Gasteiger partial charge < -0.3 is 16.2 Å². The van der Waals surface area contributed by atoms with E-state index in [0.717, 1.165) is 0 Å². The van der Waals surface area contributed by atoms with Gasteiger partial charge in [0.25, 0.3) is 0 Å². The molecule has 0 aliphatic heterocycles. The van der Waals surface area contributed by atoms with Gasteiger partial charge in [-0.05, 0) is 18.3 Å². The molecule has 0 spiro atoms. The van der Waals surface area contributed by atoms with E-state index in [1.54, 1.807) is 13.8 Å². The monoisotopic (exact) mass is 244 g/mol. The fraction of sp³-hybridized carbons (Fsp3) is 0.833. The normalized spacial score (nSPS) is 14.8. The Morgan fingerprint density at radius 1 is 1.24 bits per heavy atom. The first kappa shape index (κ1) is 15.9. The summed E-state index contributed by atoms with van der Waals surface area (Å²) in [6.45, 7) is 7.78. The number of rotatable bonds is 7. The van der Waals surface area contributed by atoms with Crippen LogP contribution in [0.4, 0.5) is 0 Å². The molecule has 0 fully saturated rings.